The first-order valence-electron chi connectivity index (χ1n) is 4.15. The Morgan fingerprint density at radius 1 is 1.38 bits per heavy atom. The fraction of sp³-hybridized carbons (Fsp3) is 0.778. The predicted molar refractivity (Wildman–Crippen MR) is 45.5 cm³/mol. The van der Waals surface area contributed by atoms with E-state index in [0.717, 1.165) is 13.0 Å². The second-order valence-corrected chi connectivity index (χ2v) is 3.32. The molecule has 0 saturated heterocycles. The Bertz CT molecular complexity index is 170. The first-order valence-corrected chi connectivity index (χ1v) is 4.15. The monoisotopic (exact) mass is 196 g/mol. The van der Waals surface area contributed by atoms with Crippen LogP contribution in [0.3, 0.4) is 0 Å². The fourth-order valence-corrected chi connectivity index (χ4v) is 0.603. The van der Waals surface area contributed by atoms with Crippen LogP contribution in [-0.4, -0.2) is 19.4 Å². The molecule has 0 fully saturated rings. The molecule has 0 saturated carbocycles. The summed E-state index contributed by atoms with van der Waals surface area (Å²) in [6.45, 7) is 5.45. The third-order valence-corrected chi connectivity index (χ3v) is 1.41. The third kappa shape index (κ3) is 6.63. The van der Waals surface area contributed by atoms with E-state index in [2.05, 4.69) is 0 Å². The molecule has 0 radical (unpaired) electrons. The van der Waals surface area contributed by atoms with Crippen LogP contribution < -0.4 is 0 Å². The van der Waals surface area contributed by atoms with Crippen LogP contribution >= 0.6 is 0 Å². The fourth-order valence-electron chi connectivity index (χ4n) is 0.603. The van der Waals surface area contributed by atoms with Crippen molar-refractivity contribution in [2.24, 2.45) is 5.92 Å². The molecule has 0 aromatic carbocycles. The number of hydrogen-bond acceptors (Lipinski definition) is 1. The first-order chi connectivity index (χ1) is 5.84. The Hall–Kier alpha value is -0.510. The molecule has 1 nitrogen and oxygen atoms in total. The molecular formula is C9H15F3O. The number of hydrogen-bond donors (Lipinski definition) is 0. The average Bonchev–Trinajstić information content (AvgIpc) is 1.95. The third-order valence-electron chi connectivity index (χ3n) is 1.41. The second kappa shape index (κ2) is 5.27. The molecule has 4 heteroatoms. The molecule has 0 aromatic rings. The maximum atomic E-state index is 11.9. The van der Waals surface area contributed by atoms with Crippen molar-refractivity contribution in [1.82, 2.24) is 0 Å². The lowest BCUT2D eigenvalue weighted by Crippen LogP contribution is -2.10. The number of halogens is 3. The van der Waals surface area contributed by atoms with Gasteiger partial charge in [-0.05, 0) is 12.8 Å². The minimum absolute atomic E-state index is 0.0313. The van der Waals surface area contributed by atoms with Crippen LogP contribution in [0, 0.1) is 5.92 Å². The lowest BCUT2D eigenvalue weighted by Gasteiger charge is -2.07. The van der Waals surface area contributed by atoms with E-state index < -0.39 is 11.7 Å². The van der Waals surface area contributed by atoms with Crippen molar-refractivity contribution in [3.63, 3.8) is 0 Å². The van der Waals surface area contributed by atoms with Crippen LogP contribution in [0.2, 0.25) is 0 Å². The normalized spacial score (nSPS) is 13.9. The van der Waals surface area contributed by atoms with Gasteiger partial charge in [0.05, 0.1) is 6.61 Å². The van der Waals surface area contributed by atoms with Crippen molar-refractivity contribution in [3.05, 3.63) is 11.6 Å². The van der Waals surface area contributed by atoms with E-state index in [-0.39, 0.29) is 6.61 Å². The minimum atomic E-state index is -4.22. The molecule has 0 spiro atoms. The van der Waals surface area contributed by atoms with Crippen molar-refractivity contribution in [1.29, 1.82) is 0 Å². The summed E-state index contributed by atoms with van der Waals surface area (Å²) in [6, 6.07) is 0. The minimum Gasteiger partial charge on any atom is -0.377 e. The summed E-state index contributed by atoms with van der Waals surface area (Å²) in [5.41, 5.74) is -0.601. The van der Waals surface area contributed by atoms with E-state index in [1.54, 1.807) is 0 Å². The standard InChI is InChI=1S/C9H15F3O/c1-7(2)6-13-5-4-8(3)9(10,11)12/h4,7H,5-6H2,1-3H3. The zero-order chi connectivity index (χ0) is 10.5. The van der Waals surface area contributed by atoms with Gasteiger partial charge in [-0.2, -0.15) is 13.2 Å². The van der Waals surface area contributed by atoms with Gasteiger partial charge in [0.25, 0.3) is 0 Å². The van der Waals surface area contributed by atoms with Crippen LogP contribution in [0.5, 0.6) is 0 Å². The number of rotatable bonds is 4. The van der Waals surface area contributed by atoms with E-state index in [1.165, 1.54) is 0 Å². The summed E-state index contributed by atoms with van der Waals surface area (Å²) in [5, 5.41) is 0. The highest BCUT2D eigenvalue weighted by atomic mass is 19.4. The predicted octanol–water partition coefficient (Wildman–Crippen LogP) is 3.17. The molecular weight excluding hydrogens is 181 g/mol. The van der Waals surface area contributed by atoms with Crippen molar-refractivity contribution in [2.45, 2.75) is 26.9 Å². The smallest absolute Gasteiger partial charge is 0.377 e. The number of ether oxygens (including phenoxy) is 1. The highest BCUT2D eigenvalue weighted by Gasteiger charge is 2.29. The van der Waals surface area contributed by atoms with Gasteiger partial charge in [0.1, 0.15) is 0 Å². The molecule has 0 aromatic heterocycles. The average molecular weight is 196 g/mol. The van der Waals surface area contributed by atoms with Crippen LogP contribution in [-0.2, 0) is 4.74 Å². The summed E-state index contributed by atoms with van der Waals surface area (Å²) >= 11 is 0. The molecule has 0 rings (SSSR count). The van der Waals surface area contributed by atoms with Gasteiger partial charge in [-0.15, -0.1) is 0 Å². The Kier molecular flexibility index (Phi) is 5.06. The van der Waals surface area contributed by atoms with Gasteiger partial charge in [-0.25, -0.2) is 0 Å². The molecule has 13 heavy (non-hydrogen) atoms. The van der Waals surface area contributed by atoms with Crippen molar-refractivity contribution >= 4 is 0 Å². The Labute approximate surface area is 76.6 Å². The van der Waals surface area contributed by atoms with E-state index in [1.807, 2.05) is 13.8 Å². The van der Waals surface area contributed by atoms with Crippen LogP contribution in [0.1, 0.15) is 20.8 Å². The van der Waals surface area contributed by atoms with E-state index in [9.17, 15) is 13.2 Å². The van der Waals surface area contributed by atoms with Gasteiger partial charge in [0, 0.05) is 12.2 Å². The summed E-state index contributed by atoms with van der Waals surface area (Å²) in [5.74, 6) is 0.347. The van der Waals surface area contributed by atoms with Crippen molar-refractivity contribution in [2.75, 3.05) is 13.2 Å². The maximum absolute atomic E-state index is 11.9. The quantitative estimate of drug-likeness (QED) is 0.495. The highest BCUT2D eigenvalue weighted by Crippen LogP contribution is 2.24. The molecule has 0 N–H and O–H groups in total. The second-order valence-electron chi connectivity index (χ2n) is 3.32. The summed E-state index contributed by atoms with van der Waals surface area (Å²) in [6.07, 6.45) is -3.16. The highest BCUT2D eigenvalue weighted by molar-refractivity contribution is 5.04. The van der Waals surface area contributed by atoms with Gasteiger partial charge in [-0.1, -0.05) is 19.9 Å². The number of alkyl halides is 3. The molecule has 78 valence electrons. The summed E-state index contributed by atoms with van der Waals surface area (Å²) < 4.78 is 40.7. The van der Waals surface area contributed by atoms with Crippen LogP contribution in [0.4, 0.5) is 13.2 Å². The van der Waals surface area contributed by atoms with Gasteiger partial charge in [0.2, 0.25) is 0 Å². The Balaban J connectivity index is 3.73. The molecule has 0 aliphatic carbocycles. The number of allylic oxidation sites excluding steroid dienone is 1. The SMILES string of the molecule is CC(=CCOCC(C)C)C(F)(F)F. The Morgan fingerprint density at radius 3 is 2.31 bits per heavy atom. The topological polar surface area (TPSA) is 9.23 Å². The van der Waals surface area contributed by atoms with E-state index in [0.29, 0.717) is 12.5 Å². The van der Waals surface area contributed by atoms with E-state index in [4.69, 9.17) is 4.74 Å². The van der Waals surface area contributed by atoms with Crippen molar-refractivity contribution in [3.8, 4) is 0 Å². The lowest BCUT2D eigenvalue weighted by molar-refractivity contribution is -0.0919. The van der Waals surface area contributed by atoms with Gasteiger partial charge in [-0.3, -0.25) is 0 Å². The first kappa shape index (κ1) is 12.5. The van der Waals surface area contributed by atoms with Gasteiger partial charge < -0.3 is 4.74 Å². The zero-order valence-electron chi connectivity index (χ0n) is 8.11. The van der Waals surface area contributed by atoms with E-state index >= 15 is 0 Å². The largest absolute Gasteiger partial charge is 0.412 e. The van der Waals surface area contributed by atoms with Crippen LogP contribution in [0.15, 0.2) is 11.6 Å². The molecule has 0 amide bonds. The molecule has 0 atom stereocenters. The lowest BCUT2D eigenvalue weighted by atomic mass is 10.2. The molecule has 0 bridgehead atoms. The van der Waals surface area contributed by atoms with Crippen LogP contribution in [0.25, 0.3) is 0 Å². The maximum Gasteiger partial charge on any atom is 0.412 e. The summed E-state index contributed by atoms with van der Waals surface area (Å²) in [7, 11) is 0. The molecule has 0 unspecified atom stereocenters. The molecule has 0 aliphatic rings. The van der Waals surface area contributed by atoms with Gasteiger partial charge in [0.15, 0.2) is 0 Å². The zero-order valence-corrected chi connectivity index (χ0v) is 8.11. The Morgan fingerprint density at radius 2 is 1.92 bits per heavy atom. The van der Waals surface area contributed by atoms with Crippen molar-refractivity contribution < 1.29 is 17.9 Å². The summed E-state index contributed by atoms with van der Waals surface area (Å²) in [4.78, 5) is 0. The molecule has 0 aliphatic heterocycles. The van der Waals surface area contributed by atoms with Gasteiger partial charge >= 0.3 is 6.18 Å². The molecule has 0 heterocycles.